The van der Waals surface area contributed by atoms with E-state index in [1.807, 2.05) is 30.3 Å². The van der Waals surface area contributed by atoms with E-state index in [4.69, 9.17) is 27.9 Å². The van der Waals surface area contributed by atoms with Gasteiger partial charge in [0, 0.05) is 0 Å². The molecule has 3 rings (SSSR count). The van der Waals surface area contributed by atoms with Crippen molar-refractivity contribution in [3.8, 4) is 5.75 Å². The van der Waals surface area contributed by atoms with E-state index in [-0.39, 0.29) is 12.5 Å². The molecule has 0 unspecified atom stereocenters. The van der Waals surface area contributed by atoms with Crippen molar-refractivity contribution in [1.82, 2.24) is 4.98 Å². The van der Waals surface area contributed by atoms with E-state index in [1.54, 1.807) is 6.07 Å². The molecule has 7 heteroatoms. The zero-order chi connectivity index (χ0) is 17.1. The zero-order valence-corrected chi connectivity index (χ0v) is 15.1. The topological polar surface area (TPSA) is 51.2 Å². The van der Waals surface area contributed by atoms with E-state index in [1.165, 1.54) is 16.9 Å². The molecule has 0 saturated carbocycles. The molecule has 0 atom stereocenters. The van der Waals surface area contributed by atoms with Crippen LogP contribution in [0.25, 0.3) is 10.2 Å². The molecule has 3 aromatic rings. The van der Waals surface area contributed by atoms with Crippen molar-refractivity contribution in [3.63, 3.8) is 0 Å². The van der Waals surface area contributed by atoms with Gasteiger partial charge in [0.05, 0.1) is 14.7 Å². The predicted octanol–water partition coefficient (Wildman–Crippen LogP) is 5.18. The van der Waals surface area contributed by atoms with Crippen LogP contribution < -0.4 is 10.1 Å². The van der Waals surface area contributed by atoms with E-state index >= 15 is 0 Å². The minimum atomic E-state index is -0.282. The molecule has 0 radical (unpaired) electrons. The summed E-state index contributed by atoms with van der Waals surface area (Å²) in [5.41, 5.74) is 1.80. The first-order valence-electron chi connectivity index (χ1n) is 7.33. The van der Waals surface area contributed by atoms with E-state index in [2.05, 4.69) is 17.2 Å². The van der Waals surface area contributed by atoms with Crippen LogP contribution in [0.2, 0.25) is 10.0 Å². The van der Waals surface area contributed by atoms with Gasteiger partial charge >= 0.3 is 0 Å². The van der Waals surface area contributed by atoms with Gasteiger partial charge in [0.15, 0.2) is 11.7 Å². The number of rotatable bonds is 5. The minimum Gasteiger partial charge on any atom is -0.484 e. The number of halogens is 2. The number of benzene rings is 2. The Morgan fingerprint density at radius 2 is 1.96 bits per heavy atom. The van der Waals surface area contributed by atoms with Gasteiger partial charge < -0.3 is 4.74 Å². The molecule has 1 aromatic heterocycles. The summed E-state index contributed by atoms with van der Waals surface area (Å²) in [5.74, 6) is 0.373. The molecular formula is C17H14Cl2N2O2S. The highest BCUT2D eigenvalue weighted by Gasteiger charge is 2.12. The average molecular weight is 381 g/mol. The van der Waals surface area contributed by atoms with Crippen LogP contribution in [0.4, 0.5) is 5.13 Å². The molecule has 0 saturated heterocycles. The fourth-order valence-electron chi connectivity index (χ4n) is 2.12. The summed E-state index contributed by atoms with van der Waals surface area (Å²) in [6, 6.07) is 11.2. The van der Waals surface area contributed by atoms with Crippen molar-refractivity contribution in [2.75, 3.05) is 11.9 Å². The van der Waals surface area contributed by atoms with Crippen LogP contribution in [0, 0.1) is 0 Å². The molecule has 0 fully saturated rings. The number of hydrogen-bond acceptors (Lipinski definition) is 4. The van der Waals surface area contributed by atoms with Crippen LogP contribution in [0.5, 0.6) is 5.75 Å². The second-order valence-corrected chi connectivity index (χ2v) is 6.88. The fourth-order valence-corrected chi connectivity index (χ4v) is 3.42. The largest absolute Gasteiger partial charge is 0.484 e. The number of thiazole rings is 1. The number of aromatic nitrogens is 1. The third kappa shape index (κ3) is 3.80. The Morgan fingerprint density at radius 3 is 2.67 bits per heavy atom. The molecule has 124 valence electrons. The Bertz CT molecular complexity index is 878. The maximum atomic E-state index is 12.0. The summed E-state index contributed by atoms with van der Waals surface area (Å²) in [6.45, 7) is 2.00. The molecule has 0 spiro atoms. The van der Waals surface area contributed by atoms with E-state index < -0.39 is 0 Å². The van der Waals surface area contributed by atoms with Crippen LogP contribution in [0.1, 0.15) is 12.5 Å². The lowest BCUT2D eigenvalue weighted by Crippen LogP contribution is -2.19. The first-order valence-corrected chi connectivity index (χ1v) is 8.90. The summed E-state index contributed by atoms with van der Waals surface area (Å²) in [4.78, 5) is 16.3. The fraction of sp³-hybridized carbons (Fsp3) is 0.176. The van der Waals surface area contributed by atoms with Crippen molar-refractivity contribution in [2.24, 2.45) is 0 Å². The number of fused-ring (bicyclic) bond motifs is 1. The van der Waals surface area contributed by atoms with Gasteiger partial charge in [-0.25, -0.2) is 4.98 Å². The third-order valence-corrected chi connectivity index (χ3v) is 5.13. The van der Waals surface area contributed by atoms with Gasteiger partial charge in [0.1, 0.15) is 11.3 Å². The molecular weight excluding hydrogens is 367 g/mol. The van der Waals surface area contributed by atoms with Crippen molar-refractivity contribution >= 4 is 55.8 Å². The number of carbonyl (C=O) groups excluding carboxylic acids is 1. The van der Waals surface area contributed by atoms with Gasteiger partial charge in [-0.1, -0.05) is 53.6 Å². The lowest BCUT2D eigenvalue weighted by molar-refractivity contribution is -0.118. The number of aryl methyl sites for hydroxylation is 1. The molecule has 1 amide bonds. The maximum absolute atomic E-state index is 12.0. The van der Waals surface area contributed by atoms with Gasteiger partial charge in [0.25, 0.3) is 5.91 Å². The van der Waals surface area contributed by atoms with Crippen LogP contribution in [-0.4, -0.2) is 17.5 Å². The molecule has 1 N–H and O–H groups in total. The Morgan fingerprint density at radius 1 is 1.21 bits per heavy atom. The summed E-state index contributed by atoms with van der Waals surface area (Å²) in [5, 5.41) is 4.00. The number of ether oxygens (including phenoxy) is 1. The number of carbonyl (C=O) groups is 1. The Balaban J connectivity index is 1.63. The molecule has 2 aromatic carbocycles. The summed E-state index contributed by atoms with van der Waals surface area (Å²) < 4.78 is 6.33. The molecule has 0 aliphatic rings. The highest BCUT2D eigenvalue weighted by atomic mass is 35.5. The molecule has 1 heterocycles. The van der Waals surface area contributed by atoms with Crippen molar-refractivity contribution in [2.45, 2.75) is 13.3 Å². The quantitative estimate of drug-likeness (QED) is 0.662. The lowest BCUT2D eigenvalue weighted by atomic mass is 10.2. The summed E-state index contributed by atoms with van der Waals surface area (Å²) >= 11 is 13.4. The van der Waals surface area contributed by atoms with E-state index in [0.717, 1.165) is 11.1 Å². The SMILES string of the molecule is CCc1ccc(OCC(=O)Nc2nc3c(Cl)c(Cl)ccc3s2)cc1. The van der Waals surface area contributed by atoms with E-state index in [0.29, 0.717) is 26.4 Å². The van der Waals surface area contributed by atoms with E-state index in [9.17, 15) is 4.79 Å². The first kappa shape index (κ1) is 17.0. The summed E-state index contributed by atoms with van der Waals surface area (Å²) in [7, 11) is 0. The van der Waals surface area contributed by atoms with Gasteiger partial charge in [-0.2, -0.15) is 0 Å². The monoisotopic (exact) mass is 380 g/mol. The van der Waals surface area contributed by atoms with Crippen molar-refractivity contribution in [3.05, 3.63) is 52.0 Å². The van der Waals surface area contributed by atoms with Crippen LogP contribution in [0.15, 0.2) is 36.4 Å². The normalized spacial score (nSPS) is 10.8. The third-order valence-electron chi connectivity index (χ3n) is 3.40. The predicted molar refractivity (Wildman–Crippen MR) is 99.6 cm³/mol. The molecule has 0 aliphatic heterocycles. The van der Waals surface area contributed by atoms with Gasteiger partial charge in [-0.3, -0.25) is 10.1 Å². The standard InChI is InChI=1S/C17H14Cl2N2O2S/c1-2-10-3-5-11(6-4-10)23-9-14(22)20-17-21-16-13(24-17)8-7-12(18)15(16)19/h3-8H,2,9H2,1H3,(H,20,21,22). The minimum absolute atomic E-state index is 0.0874. The number of nitrogens with zero attached hydrogens (tertiary/aromatic N) is 1. The summed E-state index contributed by atoms with van der Waals surface area (Å²) in [6.07, 6.45) is 0.963. The second-order valence-electron chi connectivity index (χ2n) is 5.06. The average Bonchev–Trinajstić information content (AvgIpc) is 3.00. The Hall–Kier alpha value is -1.82. The Kier molecular flexibility index (Phi) is 5.23. The van der Waals surface area contributed by atoms with Crippen molar-refractivity contribution < 1.29 is 9.53 Å². The molecule has 0 bridgehead atoms. The van der Waals surface area contributed by atoms with Gasteiger partial charge in [0.2, 0.25) is 0 Å². The highest BCUT2D eigenvalue weighted by molar-refractivity contribution is 7.22. The van der Waals surface area contributed by atoms with Gasteiger partial charge in [-0.15, -0.1) is 0 Å². The Labute approximate surface area is 153 Å². The smallest absolute Gasteiger partial charge is 0.264 e. The number of hydrogen-bond donors (Lipinski definition) is 1. The van der Waals surface area contributed by atoms with Crippen molar-refractivity contribution in [1.29, 1.82) is 0 Å². The molecule has 4 nitrogen and oxygen atoms in total. The molecule has 0 aliphatic carbocycles. The van der Waals surface area contributed by atoms with Crippen LogP contribution >= 0.6 is 34.5 Å². The number of anilines is 1. The first-order chi connectivity index (χ1) is 11.6. The van der Waals surface area contributed by atoms with Crippen LogP contribution in [-0.2, 0) is 11.2 Å². The maximum Gasteiger partial charge on any atom is 0.264 e. The molecule has 24 heavy (non-hydrogen) atoms. The number of nitrogens with one attached hydrogen (secondary N) is 1. The van der Waals surface area contributed by atoms with Crippen LogP contribution in [0.3, 0.4) is 0 Å². The second kappa shape index (κ2) is 7.38. The number of amides is 1. The lowest BCUT2D eigenvalue weighted by Gasteiger charge is -2.06. The zero-order valence-electron chi connectivity index (χ0n) is 12.8. The highest BCUT2D eigenvalue weighted by Crippen LogP contribution is 2.35. The van der Waals surface area contributed by atoms with Gasteiger partial charge in [-0.05, 0) is 36.2 Å².